The van der Waals surface area contributed by atoms with Crippen LogP contribution in [-0.2, 0) is 9.09 Å². The molecule has 0 aromatic carbocycles. The third-order valence-electron chi connectivity index (χ3n) is 0.235. The average molecular weight is 154 g/mol. The van der Waals surface area contributed by atoms with Crippen molar-refractivity contribution in [2.24, 2.45) is 0 Å². The fraction of sp³-hybridized carbons (Fsp3) is 1.00. The third kappa shape index (κ3) is 15.7. The molecule has 0 amide bonds. The van der Waals surface area contributed by atoms with E-state index in [-0.39, 0.29) is 65.7 Å². The maximum absolute atomic E-state index is 9.41. The zero-order valence-corrected chi connectivity index (χ0v) is 10.3. The van der Waals surface area contributed by atoms with Crippen LogP contribution < -0.4 is 64.0 Å². The minimum absolute atomic E-state index is 0. The predicted molar refractivity (Wildman–Crippen MR) is 19.2 cm³/mol. The van der Waals surface area contributed by atoms with Gasteiger partial charge in [0.25, 0.3) is 0 Å². The molecule has 0 saturated heterocycles. The van der Waals surface area contributed by atoms with Crippen LogP contribution in [0.25, 0.3) is 0 Å². The van der Waals surface area contributed by atoms with Crippen LogP contribution in [0.5, 0.6) is 0 Å². The first-order valence-corrected chi connectivity index (χ1v) is 2.64. The Balaban J connectivity index is -0.000000125. The molecule has 0 spiro atoms. The van der Waals surface area contributed by atoms with Crippen LogP contribution >= 0.6 is 8.25 Å². The van der Waals surface area contributed by atoms with E-state index >= 15 is 0 Å². The molecular formula is C2H5Na2O3P+2. The summed E-state index contributed by atoms with van der Waals surface area (Å²) in [6.07, 6.45) is 0. The Morgan fingerprint density at radius 1 is 1.62 bits per heavy atom. The van der Waals surface area contributed by atoms with Crippen molar-refractivity contribution in [3.8, 4) is 0 Å². The summed E-state index contributed by atoms with van der Waals surface area (Å²) in [7, 11) is -2.60. The maximum atomic E-state index is 9.41. The van der Waals surface area contributed by atoms with Crippen molar-refractivity contribution in [1.29, 1.82) is 0 Å². The van der Waals surface area contributed by atoms with Gasteiger partial charge in [-0.25, -0.2) is 0 Å². The van der Waals surface area contributed by atoms with Gasteiger partial charge in [0, 0.05) is 0 Å². The minimum atomic E-state index is -2.60. The topological polar surface area (TPSA) is 49.4 Å². The van der Waals surface area contributed by atoms with Crippen molar-refractivity contribution < 1.29 is 73.1 Å². The Morgan fingerprint density at radius 2 is 2.00 bits per heavy atom. The van der Waals surface area contributed by atoms with Gasteiger partial charge >= 0.3 is 67.4 Å². The summed E-state index contributed by atoms with van der Waals surface area (Å²) in [5.74, 6) is 0. The molecule has 3 nitrogen and oxygen atoms in total. The van der Waals surface area contributed by atoms with Gasteiger partial charge < -0.3 is 4.89 Å². The molecule has 0 aliphatic rings. The predicted octanol–water partition coefficient (Wildman–Crippen LogP) is -5.95. The summed E-state index contributed by atoms with van der Waals surface area (Å²) in [5.41, 5.74) is 0. The monoisotopic (exact) mass is 154 g/mol. The molecule has 36 valence electrons. The van der Waals surface area contributed by atoms with E-state index in [4.69, 9.17) is 0 Å². The van der Waals surface area contributed by atoms with Crippen molar-refractivity contribution in [2.45, 2.75) is 6.92 Å². The standard InChI is InChI=1S/C2H5O3P.2Na/c1-2-5-6(3)4;;/h2H2,1H3;;/q;2*+1. The molecule has 6 heteroatoms. The van der Waals surface area contributed by atoms with E-state index in [0.29, 0.717) is 0 Å². The number of hydrogen-bond donors (Lipinski definition) is 0. The van der Waals surface area contributed by atoms with E-state index in [9.17, 15) is 9.46 Å². The van der Waals surface area contributed by atoms with Gasteiger partial charge in [-0.05, 0) is 11.5 Å². The molecule has 0 heterocycles. The molecular weight excluding hydrogens is 149 g/mol. The fourth-order valence-corrected chi connectivity index (χ4v) is 0.316. The zero-order valence-electron chi connectivity index (χ0n) is 5.38. The molecule has 0 aliphatic heterocycles. The second-order valence-electron chi connectivity index (χ2n) is 0.641. The van der Waals surface area contributed by atoms with Crippen LogP contribution in [0.2, 0.25) is 0 Å². The Hall–Kier alpha value is 2.02. The van der Waals surface area contributed by atoms with E-state index in [0.717, 1.165) is 0 Å². The van der Waals surface area contributed by atoms with Gasteiger partial charge in [-0.2, -0.15) is 0 Å². The van der Waals surface area contributed by atoms with Crippen LogP contribution in [0.15, 0.2) is 0 Å². The second kappa shape index (κ2) is 11.8. The average Bonchev–Trinajstić information content (AvgIpc) is 1.35. The molecule has 8 heavy (non-hydrogen) atoms. The van der Waals surface area contributed by atoms with Crippen molar-refractivity contribution in [2.75, 3.05) is 6.61 Å². The van der Waals surface area contributed by atoms with Crippen LogP contribution in [0.3, 0.4) is 0 Å². The van der Waals surface area contributed by atoms with Gasteiger partial charge in [0.15, 0.2) is 0 Å². The van der Waals surface area contributed by atoms with Gasteiger partial charge in [-0.15, -0.1) is 4.52 Å². The molecule has 0 radical (unpaired) electrons. The van der Waals surface area contributed by atoms with Crippen molar-refractivity contribution in [3.05, 3.63) is 0 Å². The quantitative estimate of drug-likeness (QED) is 0.294. The molecule has 0 aliphatic carbocycles. The molecule has 0 saturated carbocycles. The van der Waals surface area contributed by atoms with E-state index in [2.05, 4.69) is 4.52 Å². The molecule has 0 fully saturated rings. The summed E-state index contributed by atoms with van der Waals surface area (Å²) in [6, 6.07) is 0. The number of hydrogen-bond acceptors (Lipinski definition) is 3. The van der Waals surface area contributed by atoms with Crippen molar-refractivity contribution in [1.82, 2.24) is 0 Å². The van der Waals surface area contributed by atoms with Crippen molar-refractivity contribution >= 4 is 8.25 Å². The first-order chi connectivity index (χ1) is 2.77. The smallest absolute Gasteiger partial charge is 0.566 e. The van der Waals surface area contributed by atoms with Crippen LogP contribution in [0.4, 0.5) is 0 Å². The Kier molecular flexibility index (Phi) is 24.3. The van der Waals surface area contributed by atoms with Gasteiger partial charge in [0.2, 0.25) is 0 Å². The molecule has 0 rings (SSSR count). The van der Waals surface area contributed by atoms with E-state index in [1.165, 1.54) is 0 Å². The third-order valence-corrected chi connectivity index (χ3v) is 0.704. The first-order valence-electron chi connectivity index (χ1n) is 1.54. The second-order valence-corrected chi connectivity index (χ2v) is 1.35. The fourth-order valence-electron chi connectivity index (χ4n) is 0.105. The van der Waals surface area contributed by atoms with E-state index < -0.39 is 8.25 Å². The van der Waals surface area contributed by atoms with E-state index in [1.807, 2.05) is 0 Å². The molecule has 1 atom stereocenters. The van der Waals surface area contributed by atoms with Crippen LogP contribution in [0.1, 0.15) is 6.92 Å². The summed E-state index contributed by atoms with van der Waals surface area (Å²) in [6.45, 7) is 1.85. The van der Waals surface area contributed by atoms with Gasteiger partial charge in [-0.3, -0.25) is 0 Å². The summed E-state index contributed by atoms with van der Waals surface area (Å²) in [4.78, 5) is 9.41. The van der Waals surface area contributed by atoms with Gasteiger partial charge in [-0.1, -0.05) is 0 Å². The molecule has 0 N–H and O–H groups in total. The summed E-state index contributed by atoms with van der Waals surface area (Å²) in [5, 5.41) is 0. The van der Waals surface area contributed by atoms with E-state index in [1.54, 1.807) is 6.92 Å². The molecule has 0 aromatic heterocycles. The van der Waals surface area contributed by atoms with Gasteiger partial charge in [0.1, 0.15) is 0 Å². The number of rotatable bonds is 2. The van der Waals surface area contributed by atoms with Crippen LogP contribution in [-0.4, -0.2) is 6.61 Å². The summed E-state index contributed by atoms with van der Waals surface area (Å²) < 4.78 is 13.4. The SMILES string of the molecule is CCO[P+](=O)[O-].[Na+].[Na+]. The van der Waals surface area contributed by atoms with Crippen LogP contribution in [0, 0.1) is 0 Å². The molecule has 0 bridgehead atoms. The first kappa shape index (κ1) is 16.5. The Morgan fingerprint density at radius 3 is 2.00 bits per heavy atom. The zero-order chi connectivity index (χ0) is 4.99. The molecule has 0 aromatic rings. The Bertz CT molecular complexity index is 59.2. The largest absolute Gasteiger partial charge is 1.00 e. The van der Waals surface area contributed by atoms with Gasteiger partial charge in [0.05, 0.1) is 6.61 Å². The maximum Gasteiger partial charge on any atom is 1.00 e. The van der Waals surface area contributed by atoms with Crippen molar-refractivity contribution in [3.63, 3.8) is 0 Å². The normalized spacial score (nSPS) is 8.50. The Labute approximate surface area is 93.7 Å². The minimum Gasteiger partial charge on any atom is -0.566 e. The summed E-state index contributed by atoms with van der Waals surface area (Å²) >= 11 is 0. The molecule has 1 unspecified atom stereocenters.